The van der Waals surface area contributed by atoms with Crippen LogP contribution in [0.15, 0.2) is 48.2 Å². The van der Waals surface area contributed by atoms with Gasteiger partial charge in [0.2, 0.25) is 0 Å². The highest BCUT2D eigenvalue weighted by molar-refractivity contribution is 5.28. The molecule has 1 saturated heterocycles. The molecule has 1 aromatic carbocycles. The Kier molecular flexibility index (Phi) is 3.59. The molecule has 1 unspecified atom stereocenters. The molecule has 1 heteroatoms. The molecule has 1 atom stereocenters. The predicted molar refractivity (Wildman–Crippen MR) is 78.0 cm³/mol. The van der Waals surface area contributed by atoms with Gasteiger partial charge < -0.3 is 4.74 Å². The summed E-state index contributed by atoms with van der Waals surface area (Å²) < 4.78 is 6.52. The third-order valence-corrected chi connectivity index (χ3v) is 4.60. The fraction of sp³-hybridized carbons (Fsp3) is 0.500. The Balaban J connectivity index is 1.88. The van der Waals surface area contributed by atoms with Crippen molar-refractivity contribution < 1.29 is 4.74 Å². The van der Waals surface area contributed by atoms with Crippen LogP contribution in [0, 0.1) is 0 Å². The third-order valence-electron chi connectivity index (χ3n) is 4.60. The summed E-state index contributed by atoms with van der Waals surface area (Å²) in [6.07, 6.45) is 8.68. The molecular formula is C18H22O. The summed E-state index contributed by atoms with van der Waals surface area (Å²) in [5, 5.41) is 0. The van der Waals surface area contributed by atoms with Crippen molar-refractivity contribution in [1.82, 2.24) is 0 Å². The number of hydrogen-bond donors (Lipinski definition) is 0. The summed E-state index contributed by atoms with van der Waals surface area (Å²) in [4.78, 5) is 0. The zero-order valence-corrected chi connectivity index (χ0v) is 11.5. The summed E-state index contributed by atoms with van der Waals surface area (Å²) in [5.74, 6) is 0. The van der Waals surface area contributed by atoms with Crippen molar-refractivity contribution in [2.75, 3.05) is 0 Å². The quantitative estimate of drug-likeness (QED) is 0.644. The Hall–Kier alpha value is -1.30. The molecule has 1 nitrogen and oxygen atoms in total. The minimum Gasteiger partial charge on any atom is -0.362 e. The predicted octanol–water partition coefficient (Wildman–Crippen LogP) is 4.95. The van der Waals surface area contributed by atoms with Gasteiger partial charge in [-0.2, -0.15) is 0 Å². The first-order valence-corrected chi connectivity index (χ1v) is 7.46. The van der Waals surface area contributed by atoms with Crippen molar-refractivity contribution in [2.24, 2.45) is 0 Å². The molecule has 0 N–H and O–H groups in total. The minimum atomic E-state index is -0.0568. The molecule has 2 fully saturated rings. The molecule has 0 radical (unpaired) electrons. The Morgan fingerprint density at radius 3 is 2.37 bits per heavy atom. The summed E-state index contributed by atoms with van der Waals surface area (Å²) >= 11 is 0. The molecule has 1 heterocycles. The van der Waals surface area contributed by atoms with Gasteiger partial charge in [0.25, 0.3) is 0 Å². The monoisotopic (exact) mass is 254 g/mol. The lowest BCUT2D eigenvalue weighted by Crippen LogP contribution is -2.28. The van der Waals surface area contributed by atoms with Crippen LogP contribution < -0.4 is 0 Å². The maximum Gasteiger partial charge on any atom is 0.0974 e. The largest absolute Gasteiger partial charge is 0.362 e. The summed E-state index contributed by atoms with van der Waals surface area (Å²) in [7, 11) is 0. The topological polar surface area (TPSA) is 9.23 Å². The van der Waals surface area contributed by atoms with E-state index in [0.717, 1.165) is 19.3 Å². The molecule has 1 aliphatic carbocycles. The van der Waals surface area contributed by atoms with Crippen molar-refractivity contribution in [2.45, 2.75) is 56.7 Å². The van der Waals surface area contributed by atoms with E-state index in [1.165, 1.54) is 36.8 Å². The van der Waals surface area contributed by atoms with Gasteiger partial charge in [0.05, 0.1) is 11.7 Å². The second-order valence-electron chi connectivity index (χ2n) is 5.79. The van der Waals surface area contributed by atoms with Gasteiger partial charge in [0.15, 0.2) is 0 Å². The Labute approximate surface area is 116 Å². The van der Waals surface area contributed by atoms with Crippen LogP contribution in [0.2, 0.25) is 0 Å². The Bertz CT molecular complexity index is 474. The van der Waals surface area contributed by atoms with Crippen LogP contribution in [0.25, 0.3) is 0 Å². The van der Waals surface area contributed by atoms with E-state index in [2.05, 4.69) is 42.6 Å². The number of rotatable bonds is 1. The molecule has 0 aromatic heterocycles. The highest BCUT2D eigenvalue weighted by Gasteiger charge is 2.44. The second-order valence-corrected chi connectivity index (χ2v) is 5.79. The molecule has 100 valence electrons. The van der Waals surface area contributed by atoms with Crippen molar-refractivity contribution in [3.05, 3.63) is 53.8 Å². The molecule has 1 spiro atoms. The van der Waals surface area contributed by atoms with Crippen molar-refractivity contribution in [1.29, 1.82) is 0 Å². The number of hydrogen-bond acceptors (Lipinski definition) is 1. The molecule has 0 amide bonds. The van der Waals surface area contributed by atoms with Crippen LogP contribution in [-0.2, 0) is 4.74 Å². The summed E-state index contributed by atoms with van der Waals surface area (Å²) in [6.45, 7) is 3.91. The molecule has 1 aromatic rings. The van der Waals surface area contributed by atoms with Gasteiger partial charge >= 0.3 is 0 Å². The van der Waals surface area contributed by atoms with E-state index in [9.17, 15) is 0 Å². The average molecular weight is 254 g/mol. The summed E-state index contributed by atoms with van der Waals surface area (Å²) in [6, 6.07) is 10.6. The molecule has 0 bridgehead atoms. The maximum absolute atomic E-state index is 6.52. The van der Waals surface area contributed by atoms with Crippen LogP contribution in [0.4, 0.5) is 0 Å². The highest BCUT2D eigenvalue weighted by atomic mass is 16.5. The Morgan fingerprint density at radius 1 is 1.05 bits per heavy atom. The van der Waals surface area contributed by atoms with Gasteiger partial charge in [0, 0.05) is 12.0 Å². The first-order valence-electron chi connectivity index (χ1n) is 7.46. The smallest absolute Gasteiger partial charge is 0.0974 e. The van der Waals surface area contributed by atoms with E-state index in [0.29, 0.717) is 0 Å². The van der Waals surface area contributed by atoms with Crippen molar-refractivity contribution >= 4 is 0 Å². The van der Waals surface area contributed by atoms with Crippen LogP contribution in [0.3, 0.4) is 0 Å². The van der Waals surface area contributed by atoms with Gasteiger partial charge in [-0.05, 0) is 18.4 Å². The van der Waals surface area contributed by atoms with Gasteiger partial charge in [-0.25, -0.2) is 0 Å². The lowest BCUT2D eigenvalue weighted by molar-refractivity contribution is -0.0380. The van der Waals surface area contributed by atoms with Gasteiger partial charge in [-0.15, -0.1) is 5.73 Å². The Morgan fingerprint density at radius 2 is 1.74 bits per heavy atom. The van der Waals surface area contributed by atoms with Crippen LogP contribution in [0.5, 0.6) is 0 Å². The average Bonchev–Trinajstić information content (AvgIpc) is 2.64. The number of benzene rings is 1. The van der Waals surface area contributed by atoms with Crippen molar-refractivity contribution in [3.8, 4) is 0 Å². The molecule has 1 saturated carbocycles. The van der Waals surface area contributed by atoms with E-state index >= 15 is 0 Å². The fourth-order valence-electron chi connectivity index (χ4n) is 3.56. The zero-order valence-electron chi connectivity index (χ0n) is 11.5. The van der Waals surface area contributed by atoms with Gasteiger partial charge in [-0.1, -0.05) is 62.6 Å². The lowest BCUT2D eigenvalue weighted by atomic mass is 9.86. The van der Waals surface area contributed by atoms with Gasteiger partial charge in [0.1, 0.15) is 0 Å². The van der Waals surface area contributed by atoms with Crippen LogP contribution >= 0.6 is 0 Å². The van der Waals surface area contributed by atoms with Crippen molar-refractivity contribution in [3.63, 3.8) is 0 Å². The fourth-order valence-corrected chi connectivity index (χ4v) is 3.56. The van der Waals surface area contributed by atoms with Gasteiger partial charge in [-0.3, -0.25) is 0 Å². The summed E-state index contributed by atoms with van der Waals surface area (Å²) in [5.41, 5.74) is 5.73. The van der Waals surface area contributed by atoms with E-state index in [4.69, 9.17) is 4.74 Å². The van der Waals surface area contributed by atoms with E-state index < -0.39 is 0 Å². The van der Waals surface area contributed by atoms with E-state index in [-0.39, 0.29) is 11.7 Å². The first-order chi connectivity index (χ1) is 9.34. The maximum atomic E-state index is 6.52. The first kappa shape index (κ1) is 12.7. The van der Waals surface area contributed by atoms with E-state index in [1.54, 1.807) is 0 Å². The second kappa shape index (κ2) is 5.36. The van der Waals surface area contributed by atoms with E-state index in [1.807, 2.05) is 0 Å². The van der Waals surface area contributed by atoms with Crippen LogP contribution in [0.1, 0.15) is 56.6 Å². The molecular weight excluding hydrogens is 232 g/mol. The normalized spacial score (nSPS) is 26.1. The molecule has 2 aliphatic rings. The van der Waals surface area contributed by atoms with Crippen LogP contribution in [-0.4, -0.2) is 5.60 Å². The molecule has 3 rings (SSSR count). The minimum absolute atomic E-state index is 0.0568. The highest BCUT2D eigenvalue weighted by Crippen LogP contribution is 2.49. The third kappa shape index (κ3) is 2.41. The number of ether oxygens (including phenoxy) is 1. The lowest BCUT2D eigenvalue weighted by Gasteiger charge is -2.28. The molecule has 1 aliphatic heterocycles. The molecule has 19 heavy (non-hydrogen) atoms. The zero-order chi connectivity index (χ0) is 13.1. The SMILES string of the molecule is C=C=C1CC(c2ccccc2)OC12CCCCCC2. The standard InChI is InChI=1S/C18H22O/c1-2-16-14-17(15-10-6-5-7-11-15)19-18(16)12-8-3-4-9-13-18/h5-7,10-11,17H,1,3-4,8-9,12-14H2.